The Morgan fingerprint density at radius 1 is 1.60 bits per heavy atom. The fraction of sp³-hybridized carbons (Fsp3) is 0.667. The van der Waals surface area contributed by atoms with Crippen molar-refractivity contribution < 1.29 is 9.05 Å². The van der Waals surface area contributed by atoms with E-state index in [-0.39, 0.29) is 20.0 Å². The normalized spacial score (nSPS) is 33.3. The van der Waals surface area contributed by atoms with Gasteiger partial charge < -0.3 is 9.05 Å². The number of rotatable bonds is 0. The topological polar surface area (TPSA) is 18.5 Å². The molecule has 0 saturated carbocycles. The van der Waals surface area contributed by atoms with Gasteiger partial charge in [-0.3, -0.25) is 0 Å². The molecule has 0 N–H and O–H groups in total. The van der Waals surface area contributed by atoms with Crippen LogP contribution in [0.2, 0.25) is 0 Å². The lowest BCUT2D eigenvalue weighted by molar-refractivity contribution is 0.199. The Kier molecular flexibility index (Phi) is 2.56. The molecule has 2 atom stereocenters. The lowest BCUT2D eigenvalue weighted by Gasteiger charge is -2.22. The molecule has 2 nitrogen and oxygen atoms in total. The van der Waals surface area contributed by atoms with E-state index in [1.54, 1.807) is 6.26 Å². The van der Waals surface area contributed by atoms with Crippen LogP contribution in [0.4, 0.5) is 0 Å². The van der Waals surface area contributed by atoms with Gasteiger partial charge in [-0.15, -0.1) is 0 Å². The lowest BCUT2D eigenvalue weighted by Crippen LogP contribution is -2.21. The average Bonchev–Trinajstić information content (AvgIpc) is 1.96. The van der Waals surface area contributed by atoms with E-state index in [4.69, 9.17) is 20.6 Å². The van der Waals surface area contributed by atoms with Gasteiger partial charge in [-0.2, -0.15) is 0 Å². The first kappa shape index (κ1) is 8.32. The van der Waals surface area contributed by atoms with Crippen LogP contribution in [-0.4, -0.2) is 5.56 Å². The molecule has 1 aliphatic heterocycles. The summed E-state index contributed by atoms with van der Waals surface area (Å²) in [4.78, 5) is 0. The standard InChI is InChI=1S/C6H10ClO2P/c1-6(2)3-4-8-10-9-5(6)7/h3-5,10H,1-2H3. The summed E-state index contributed by atoms with van der Waals surface area (Å²) in [6, 6.07) is 0. The van der Waals surface area contributed by atoms with Crippen LogP contribution in [0.1, 0.15) is 13.8 Å². The molecule has 10 heavy (non-hydrogen) atoms. The van der Waals surface area contributed by atoms with Crippen molar-refractivity contribution in [3.8, 4) is 0 Å². The van der Waals surface area contributed by atoms with Crippen molar-refractivity contribution in [2.24, 2.45) is 5.41 Å². The Labute approximate surface area is 67.5 Å². The van der Waals surface area contributed by atoms with Crippen LogP contribution >= 0.6 is 20.6 Å². The molecule has 0 aromatic rings. The van der Waals surface area contributed by atoms with Crippen molar-refractivity contribution in [2.75, 3.05) is 0 Å². The second-order valence-electron chi connectivity index (χ2n) is 2.76. The van der Waals surface area contributed by atoms with Crippen LogP contribution in [0.15, 0.2) is 12.3 Å². The van der Waals surface area contributed by atoms with E-state index < -0.39 is 0 Å². The fourth-order valence-corrected chi connectivity index (χ4v) is 1.28. The molecule has 0 amide bonds. The Morgan fingerprint density at radius 2 is 2.30 bits per heavy atom. The van der Waals surface area contributed by atoms with Gasteiger partial charge in [-0.05, 0) is 6.08 Å². The molecule has 2 unspecified atom stereocenters. The van der Waals surface area contributed by atoms with Crippen LogP contribution in [0.3, 0.4) is 0 Å². The number of hydrogen-bond donors (Lipinski definition) is 0. The Morgan fingerprint density at radius 3 is 3.00 bits per heavy atom. The summed E-state index contributed by atoms with van der Waals surface area (Å²) < 4.78 is 10.1. The van der Waals surface area contributed by atoms with Gasteiger partial charge in [-0.1, -0.05) is 25.4 Å². The predicted molar refractivity (Wildman–Crippen MR) is 43.0 cm³/mol. The maximum absolute atomic E-state index is 5.87. The molecule has 0 saturated heterocycles. The zero-order valence-corrected chi connectivity index (χ0v) is 7.68. The molecule has 1 aliphatic rings. The monoisotopic (exact) mass is 180 g/mol. The van der Waals surface area contributed by atoms with E-state index in [0.717, 1.165) is 0 Å². The summed E-state index contributed by atoms with van der Waals surface area (Å²) in [5.74, 6) is 0. The predicted octanol–water partition coefficient (Wildman–Crippen LogP) is 2.65. The summed E-state index contributed by atoms with van der Waals surface area (Å²) in [5.41, 5.74) is -0.421. The van der Waals surface area contributed by atoms with Crippen LogP contribution < -0.4 is 0 Å². The molecular weight excluding hydrogens is 170 g/mol. The van der Waals surface area contributed by atoms with Crippen molar-refractivity contribution in [1.29, 1.82) is 0 Å². The van der Waals surface area contributed by atoms with Gasteiger partial charge in [-0.25, -0.2) is 0 Å². The van der Waals surface area contributed by atoms with Gasteiger partial charge in [0.25, 0.3) is 0 Å². The average molecular weight is 181 g/mol. The van der Waals surface area contributed by atoms with Gasteiger partial charge in [0.15, 0.2) is 0 Å². The zero-order chi connectivity index (χ0) is 7.61. The summed E-state index contributed by atoms with van der Waals surface area (Å²) in [7, 11) is 0.0231. The fourth-order valence-electron chi connectivity index (χ4n) is 0.535. The second-order valence-corrected chi connectivity index (χ2v) is 3.79. The molecule has 0 aromatic heterocycles. The first-order valence-corrected chi connectivity index (χ1v) is 4.26. The van der Waals surface area contributed by atoms with E-state index in [9.17, 15) is 0 Å². The van der Waals surface area contributed by atoms with Crippen molar-refractivity contribution in [3.05, 3.63) is 12.3 Å². The van der Waals surface area contributed by atoms with E-state index in [2.05, 4.69) is 0 Å². The van der Waals surface area contributed by atoms with E-state index in [1.807, 2.05) is 19.9 Å². The van der Waals surface area contributed by atoms with Crippen molar-refractivity contribution in [2.45, 2.75) is 19.4 Å². The molecule has 4 heteroatoms. The van der Waals surface area contributed by atoms with Crippen molar-refractivity contribution in [3.63, 3.8) is 0 Å². The third-order valence-electron chi connectivity index (χ3n) is 1.35. The van der Waals surface area contributed by atoms with Gasteiger partial charge in [0.2, 0.25) is 9.03 Å². The van der Waals surface area contributed by atoms with Gasteiger partial charge in [0, 0.05) is 5.41 Å². The van der Waals surface area contributed by atoms with E-state index in [1.165, 1.54) is 0 Å². The van der Waals surface area contributed by atoms with Crippen LogP contribution in [0.25, 0.3) is 0 Å². The minimum atomic E-state index is -0.287. The van der Waals surface area contributed by atoms with Crippen LogP contribution in [0.5, 0.6) is 0 Å². The Balaban J connectivity index is 2.67. The smallest absolute Gasteiger partial charge is 0.215 e. The minimum Gasteiger partial charge on any atom is -0.458 e. The molecule has 1 rings (SSSR count). The molecule has 58 valence electrons. The van der Waals surface area contributed by atoms with Crippen LogP contribution in [0, 0.1) is 5.41 Å². The number of alkyl halides is 1. The molecule has 1 heterocycles. The molecule has 0 aliphatic carbocycles. The molecule has 0 bridgehead atoms. The second kappa shape index (κ2) is 3.08. The zero-order valence-electron chi connectivity index (χ0n) is 5.93. The van der Waals surface area contributed by atoms with Crippen molar-refractivity contribution >= 4 is 20.6 Å². The quantitative estimate of drug-likeness (QED) is 0.422. The SMILES string of the molecule is CC1(C)C=COPOC1Cl. The highest BCUT2D eigenvalue weighted by atomic mass is 35.5. The maximum atomic E-state index is 5.87. The number of hydrogen-bond acceptors (Lipinski definition) is 2. The summed E-state index contributed by atoms with van der Waals surface area (Å²) >= 11 is 5.87. The third kappa shape index (κ3) is 1.85. The summed E-state index contributed by atoms with van der Waals surface area (Å²) in [5, 5.41) is 0. The molecule has 0 aromatic carbocycles. The first-order valence-electron chi connectivity index (χ1n) is 3.01. The summed E-state index contributed by atoms with van der Waals surface area (Å²) in [6.45, 7) is 4.00. The van der Waals surface area contributed by atoms with Gasteiger partial charge >= 0.3 is 0 Å². The molecular formula is C6H10ClO2P. The van der Waals surface area contributed by atoms with Gasteiger partial charge in [0.1, 0.15) is 5.56 Å². The van der Waals surface area contributed by atoms with Gasteiger partial charge in [0.05, 0.1) is 6.26 Å². The largest absolute Gasteiger partial charge is 0.458 e. The molecule has 0 fully saturated rings. The van der Waals surface area contributed by atoms with Crippen LogP contribution in [-0.2, 0) is 9.05 Å². The number of halogens is 1. The highest BCUT2D eigenvalue weighted by Gasteiger charge is 2.27. The lowest BCUT2D eigenvalue weighted by atomic mass is 9.95. The Bertz CT molecular complexity index is 147. The highest BCUT2D eigenvalue weighted by molar-refractivity contribution is 7.26. The first-order chi connectivity index (χ1) is 4.63. The molecule has 0 radical (unpaired) electrons. The highest BCUT2D eigenvalue weighted by Crippen LogP contribution is 2.36. The molecule has 0 spiro atoms. The maximum Gasteiger partial charge on any atom is 0.215 e. The summed E-state index contributed by atoms with van der Waals surface area (Å²) in [6.07, 6.45) is 3.55. The van der Waals surface area contributed by atoms with Crippen molar-refractivity contribution in [1.82, 2.24) is 0 Å². The minimum absolute atomic E-state index is 0.0231. The Hall–Kier alpha value is 0.220. The van der Waals surface area contributed by atoms with E-state index >= 15 is 0 Å². The third-order valence-corrected chi connectivity index (χ3v) is 2.72. The van der Waals surface area contributed by atoms with E-state index in [0.29, 0.717) is 0 Å².